The smallest absolute Gasteiger partial charge is 0.333 e. The first-order valence-electron chi connectivity index (χ1n) is 4.11. The van der Waals surface area contributed by atoms with Crippen molar-refractivity contribution in [2.75, 3.05) is 18.5 Å². The van der Waals surface area contributed by atoms with Gasteiger partial charge in [-0.15, -0.1) is 0 Å². The standard InChI is InChI=1S/C7H9N3O4S/c1-3-8(2)7-5(9(11)12)4-6(15-7)10(13)14/h4H,3H2,1-2H3. The molecule has 1 rings (SSSR count). The maximum absolute atomic E-state index is 10.6. The molecule has 0 saturated carbocycles. The predicted molar refractivity (Wildman–Crippen MR) is 56.6 cm³/mol. The zero-order valence-corrected chi connectivity index (χ0v) is 8.98. The highest BCUT2D eigenvalue weighted by molar-refractivity contribution is 7.19. The van der Waals surface area contributed by atoms with Gasteiger partial charge < -0.3 is 4.90 Å². The Balaban J connectivity index is 3.23. The first-order chi connectivity index (χ1) is 6.97. The van der Waals surface area contributed by atoms with Crippen molar-refractivity contribution in [3.8, 4) is 0 Å². The first kappa shape index (κ1) is 11.4. The van der Waals surface area contributed by atoms with Crippen molar-refractivity contribution in [1.82, 2.24) is 0 Å². The third-order valence-electron chi connectivity index (χ3n) is 1.88. The van der Waals surface area contributed by atoms with Crippen LogP contribution in [0, 0.1) is 20.2 Å². The van der Waals surface area contributed by atoms with Gasteiger partial charge in [-0.25, -0.2) is 0 Å². The summed E-state index contributed by atoms with van der Waals surface area (Å²) < 4.78 is 0. The van der Waals surface area contributed by atoms with Gasteiger partial charge in [0.2, 0.25) is 0 Å². The highest BCUT2D eigenvalue weighted by Crippen LogP contribution is 2.40. The van der Waals surface area contributed by atoms with Crippen molar-refractivity contribution in [1.29, 1.82) is 0 Å². The Bertz CT molecular complexity index is 403. The number of anilines is 1. The van der Waals surface area contributed by atoms with Gasteiger partial charge in [-0.05, 0) is 18.3 Å². The fourth-order valence-corrected chi connectivity index (χ4v) is 1.96. The first-order valence-corrected chi connectivity index (χ1v) is 4.92. The second kappa shape index (κ2) is 4.22. The van der Waals surface area contributed by atoms with Crippen LogP contribution in [0.15, 0.2) is 6.07 Å². The maximum Gasteiger partial charge on any atom is 0.333 e. The van der Waals surface area contributed by atoms with Gasteiger partial charge in [0, 0.05) is 13.6 Å². The van der Waals surface area contributed by atoms with E-state index in [1.54, 1.807) is 11.9 Å². The normalized spacial score (nSPS) is 10.0. The third kappa shape index (κ3) is 2.21. The fraction of sp³-hybridized carbons (Fsp3) is 0.429. The fourth-order valence-electron chi connectivity index (χ4n) is 0.997. The van der Waals surface area contributed by atoms with E-state index in [2.05, 4.69) is 0 Å². The van der Waals surface area contributed by atoms with Gasteiger partial charge in [-0.3, -0.25) is 20.2 Å². The topological polar surface area (TPSA) is 89.5 Å². The van der Waals surface area contributed by atoms with Gasteiger partial charge in [0.25, 0.3) is 0 Å². The Morgan fingerprint density at radius 2 is 2.00 bits per heavy atom. The Hall–Kier alpha value is -1.70. The van der Waals surface area contributed by atoms with Crippen LogP contribution in [0.25, 0.3) is 0 Å². The van der Waals surface area contributed by atoms with E-state index >= 15 is 0 Å². The molecule has 0 atom stereocenters. The summed E-state index contributed by atoms with van der Waals surface area (Å²) in [6.07, 6.45) is 0. The Morgan fingerprint density at radius 3 is 2.40 bits per heavy atom. The molecule has 1 aromatic rings. The zero-order chi connectivity index (χ0) is 11.6. The average Bonchev–Trinajstić information content (AvgIpc) is 2.61. The molecule has 8 heteroatoms. The summed E-state index contributed by atoms with van der Waals surface area (Å²) >= 11 is 0.814. The molecule has 0 radical (unpaired) electrons. The van der Waals surface area contributed by atoms with Crippen LogP contribution in [0.4, 0.5) is 15.7 Å². The number of nitro groups is 2. The zero-order valence-electron chi connectivity index (χ0n) is 8.17. The molecule has 0 aliphatic heterocycles. The van der Waals surface area contributed by atoms with Crippen molar-refractivity contribution in [3.05, 3.63) is 26.3 Å². The Morgan fingerprint density at radius 1 is 1.40 bits per heavy atom. The van der Waals surface area contributed by atoms with Crippen LogP contribution in [0.5, 0.6) is 0 Å². The van der Waals surface area contributed by atoms with E-state index in [4.69, 9.17) is 0 Å². The lowest BCUT2D eigenvalue weighted by molar-refractivity contribution is -0.389. The molecule has 1 heterocycles. The van der Waals surface area contributed by atoms with E-state index in [1.807, 2.05) is 6.92 Å². The van der Waals surface area contributed by atoms with E-state index in [0.29, 0.717) is 11.5 Å². The summed E-state index contributed by atoms with van der Waals surface area (Å²) in [5.74, 6) is 0. The molecule has 0 spiro atoms. The molecule has 0 aromatic carbocycles. The molecule has 0 aliphatic carbocycles. The minimum atomic E-state index is -0.620. The van der Waals surface area contributed by atoms with E-state index in [-0.39, 0.29) is 10.7 Å². The lowest BCUT2D eigenvalue weighted by Crippen LogP contribution is -2.15. The molecule has 15 heavy (non-hydrogen) atoms. The maximum atomic E-state index is 10.6. The minimum Gasteiger partial charge on any atom is -0.361 e. The second-order valence-corrected chi connectivity index (χ2v) is 3.81. The summed E-state index contributed by atoms with van der Waals surface area (Å²) in [5, 5.41) is 21.2. The number of hydrogen-bond acceptors (Lipinski definition) is 6. The molecule has 82 valence electrons. The van der Waals surface area contributed by atoms with Crippen molar-refractivity contribution < 1.29 is 9.85 Å². The highest BCUT2D eigenvalue weighted by Gasteiger charge is 2.26. The molecule has 1 aromatic heterocycles. The van der Waals surface area contributed by atoms with Crippen molar-refractivity contribution in [2.45, 2.75) is 6.92 Å². The molecule has 0 saturated heterocycles. The summed E-state index contributed by atoms with van der Waals surface area (Å²) in [5.41, 5.74) is -0.212. The quantitative estimate of drug-likeness (QED) is 0.584. The van der Waals surface area contributed by atoms with Gasteiger partial charge in [0.05, 0.1) is 9.85 Å². The average molecular weight is 231 g/mol. The number of nitrogens with zero attached hydrogens (tertiary/aromatic N) is 3. The summed E-state index contributed by atoms with van der Waals surface area (Å²) in [4.78, 5) is 21.5. The summed E-state index contributed by atoms with van der Waals surface area (Å²) in [6, 6.07) is 0.992. The van der Waals surface area contributed by atoms with Crippen LogP contribution in [-0.2, 0) is 0 Å². The Labute approximate surface area is 89.2 Å². The predicted octanol–water partition coefficient (Wildman–Crippen LogP) is 2.02. The molecule has 0 fully saturated rings. The van der Waals surface area contributed by atoms with E-state index in [1.165, 1.54) is 0 Å². The van der Waals surface area contributed by atoms with Crippen LogP contribution in [-0.4, -0.2) is 23.4 Å². The van der Waals surface area contributed by atoms with Gasteiger partial charge >= 0.3 is 10.7 Å². The second-order valence-electron chi connectivity index (χ2n) is 2.80. The highest BCUT2D eigenvalue weighted by atomic mass is 32.1. The number of rotatable bonds is 4. The number of hydrogen-bond donors (Lipinski definition) is 0. The molecular weight excluding hydrogens is 222 g/mol. The molecule has 0 N–H and O–H groups in total. The molecule has 7 nitrogen and oxygen atoms in total. The lowest BCUT2D eigenvalue weighted by atomic mass is 10.4. The summed E-state index contributed by atoms with van der Waals surface area (Å²) in [7, 11) is 1.66. The van der Waals surface area contributed by atoms with Crippen LogP contribution < -0.4 is 4.90 Å². The lowest BCUT2D eigenvalue weighted by Gasteiger charge is -2.12. The third-order valence-corrected chi connectivity index (χ3v) is 3.07. The Kier molecular flexibility index (Phi) is 3.20. The minimum absolute atomic E-state index is 0.211. The monoisotopic (exact) mass is 231 g/mol. The van der Waals surface area contributed by atoms with Gasteiger partial charge in [-0.1, -0.05) is 0 Å². The van der Waals surface area contributed by atoms with E-state index in [0.717, 1.165) is 17.4 Å². The molecule has 0 aliphatic rings. The van der Waals surface area contributed by atoms with Crippen LogP contribution in [0.1, 0.15) is 6.92 Å². The summed E-state index contributed by atoms with van der Waals surface area (Å²) in [6.45, 7) is 2.37. The van der Waals surface area contributed by atoms with Gasteiger partial charge in [0.1, 0.15) is 6.07 Å². The number of thiophene rings is 1. The van der Waals surface area contributed by atoms with Gasteiger partial charge in [0.15, 0.2) is 5.00 Å². The van der Waals surface area contributed by atoms with Crippen molar-refractivity contribution in [3.63, 3.8) is 0 Å². The largest absolute Gasteiger partial charge is 0.361 e. The van der Waals surface area contributed by atoms with E-state index in [9.17, 15) is 20.2 Å². The molecular formula is C7H9N3O4S. The van der Waals surface area contributed by atoms with E-state index < -0.39 is 9.85 Å². The van der Waals surface area contributed by atoms with Crippen LogP contribution >= 0.6 is 11.3 Å². The molecule has 0 bridgehead atoms. The molecule has 0 unspecified atom stereocenters. The van der Waals surface area contributed by atoms with Crippen LogP contribution in [0.3, 0.4) is 0 Å². The van der Waals surface area contributed by atoms with Crippen LogP contribution in [0.2, 0.25) is 0 Å². The van der Waals surface area contributed by atoms with Gasteiger partial charge in [-0.2, -0.15) is 0 Å². The molecule has 0 amide bonds. The SMILES string of the molecule is CCN(C)c1sc([N+](=O)[O-])cc1[N+](=O)[O-]. The van der Waals surface area contributed by atoms with Crippen molar-refractivity contribution in [2.24, 2.45) is 0 Å². The van der Waals surface area contributed by atoms with Crippen molar-refractivity contribution >= 4 is 27.0 Å².